The molecule has 3 rings (SSSR count). The largest absolute Gasteiger partial charge is 0.456 e. The molecule has 0 amide bonds. The molecular formula is C14H9N3OS. The molecule has 19 heavy (non-hydrogen) atoms. The minimum atomic E-state index is 0.502. The molecule has 0 aliphatic heterocycles. The number of hydrogen-bond donors (Lipinski definition) is 1. The van der Waals surface area contributed by atoms with E-state index in [9.17, 15) is 5.26 Å². The van der Waals surface area contributed by atoms with Gasteiger partial charge < -0.3 is 10.5 Å². The van der Waals surface area contributed by atoms with E-state index in [1.54, 1.807) is 29.8 Å². The summed E-state index contributed by atoms with van der Waals surface area (Å²) in [7, 11) is 0. The third-order valence-corrected chi connectivity index (χ3v) is 3.52. The van der Waals surface area contributed by atoms with Gasteiger partial charge in [0.1, 0.15) is 23.1 Å². The molecule has 0 bridgehead atoms. The number of fused-ring (bicyclic) bond motifs is 1. The first-order valence-corrected chi connectivity index (χ1v) is 6.45. The Bertz CT molecular complexity index is 789. The average molecular weight is 267 g/mol. The van der Waals surface area contributed by atoms with Gasteiger partial charge in [-0.1, -0.05) is 6.07 Å². The summed E-state index contributed by atoms with van der Waals surface area (Å²) >= 11 is 1.43. The van der Waals surface area contributed by atoms with E-state index in [0.717, 1.165) is 10.2 Å². The number of aromatic nitrogens is 1. The predicted molar refractivity (Wildman–Crippen MR) is 75.3 cm³/mol. The fraction of sp³-hybridized carbons (Fsp3) is 0. The van der Waals surface area contributed by atoms with Crippen molar-refractivity contribution in [3.63, 3.8) is 0 Å². The molecule has 1 heterocycles. The smallest absolute Gasteiger partial charge is 0.146 e. The third kappa shape index (κ3) is 2.09. The molecule has 3 aromatic rings. The second-order valence-corrected chi connectivity index (χ2v) is 4.78. The number of ether oxygens (including phenoxy) is 1. The number of thiazole rings is 1. The Morgan fingerprint density at radius 2 is 2.16 bits per heavy atom. The van der Waals surface area contributed by atoms with Gasteiger partial charge in [-0.05, 0) is 24.3 Å². The summed E-state index contributed by atoms with van der Waals surface area (Å²) in [5.74, 6) is 1.13. The lowest BCUT2D eigenvalue weighted by atomic mass is 10.2. The number of hydrogen-bond acceptors (Lipinski definition) is 5. The summed E-state index contributed by atoms with van der Waals surface area (Å²) in [5.41, 5.74) is 9.35. The molecule has 0 fully saturated rings. The first kappa shape index (κ1) is 11.5. The summed E-state index contributed by atoms with van der Waals surface area (Å²) < 4.78 is 6.57. The quantitative estimate of drug-likeness (QED) is 0.721. The Balaban J connectivity index is 2.08. The van der Waals surface area contributed by atoms with Crippen LogP contribution in [0.1, 0.15) is 5.56 Å². The highest BCUT2D eigenvalue weighted by atomic mass is 32.1. The molecule has 0 aliphatic carbocycles. The molecule has 92 valence electrons. The van der Waals surface area contributed by atoms with E-state index in [1.165, 1.54) is 11.3 Å². The third-order valence-electron chi connectivity index (χ3n) is 2.66. The summed E-state index contributed by atoms with van der Waals surface area (Å²) in [6, 6.07) is 12.9. The second-order valence-electron chi connectivity index (χ2n) is 3.93. The minimum Gasteiger partial charge on any atom is -0.456 e. The van der Waals surface area contributed by atoms with Gasteiger partial charge in [0.25, 0.3) is 0 Å². The van der Waals surface area contributed by atoms with Crippen LogP contribution in [0.15, 0.2) is 41.9 Å². The monoisotopic (exact) mass is 267 g/mol. The maximum absolute atomic E-state index is 9.29. The van der Waals surface area contributed by atoms with E-state index in [1.807, 2.05) is 12.1 Å². The Morgan fingerprint density at radius 1 is 1.26 bits per heavy atom. The van der Waals surface area contributed by atoms with Gasteiger partial charge >= 0.3 is 0 Å². The van der Waals surface area contributed by atoms with Gasteiger partial charge in [0.15, 0.2) is 0 Å². The Hall–Kier alpha value is -2.58. The molecule has 1 aromatic heterocycles. The van der Waals surface area contributed by atoms with Crippen LogP contribution in [0.25, 0.3) is 10.2 Å². The fourth-order valence-corrected chi connectivity index (χ4v) is 2.58. The molecule has 0 unspecified atom stereocenters. The number of nitrogen functional groups attached to an aromatic ring is 1. The molecule has 0 saturated heterocycles. The molecule has 0 aliphatic rings. The van der Waals surface area contributed by atoms with Gasteiger partial charge in [0.05, 0.1) is 15.7 Å². The van der Waals surface area contributed by atoms with Crippen molar-refractivity contribution in [2.45, 2.75) is 0 Å². The lowest BCUT2D eigenvalue weighted by Crippen LogP contribution is -1.90. The van der Waals surface area contributed by atoms with Crippen molar-refractivity contribution in [1.29, 1.82) is 5.26 Å². The zero-order valence-corrected chi connectivity index (χ0v) is 10.6. The number of rotatable bonds is 2. The molecular weight excluding hydrogens is 258 g/mol. The van der Waals surface area contributed by atoms with Gasteiger partial charge in [-0.3, -0.25) is 0 Å². The van der Waals surface area contributed by atoms with Crippen LogP contribution < -0.4 is 10.5 Å². The highest BCUT2D eigenvalue weighted by Crippen LogP contribution is 2.33. The number of nitrogens with two attached hydrogens (primary N) is 1. The van der Waals surface area contributed by atoms with Crippen LogP contribution in [0.3, 0.4) is 0 Å². The van der Waals surface area contributed by atoms with E-state index in [0.29, 0.717) is 22.7 Å². The number of nitriles is 1. The van der Waals surface area contributed by atoms with Crippen molar-refractivity contribution in [2.24, 2.45) is 0 Å². The van der Waals surface area contributed by atoms with Gasteiger partial charge in [0, 0.05) is 11.8 Å². The molecule has 0 radical (unpaired) electrons. The lowest BCUT2D eigenvalue weighted by molar-refractivity contribution is 0.482. The van der Waals surface area contributed by atoms with E-state index in [4.69, 9.17) is 10.5 Å². The number of benzene rings is 2. The van der Waals surface area contributed by atoms with Crippen molar-refractivity contribution in [1.82, 2.24) is 4.98 Å². The van der Waals surface area contributed by atoms with Crippen molar-refractivity contribution in [3.8, 4) is 17.6 Å². The maximum atomic E-state index is 9.29. The summed E-state index contributed by atoms with van der Waals surface area (Å²) in [5, 5.41) is 9.29. The highest BCUT2D eigenvalue weighted by molar-refractivity contribution is 7.17. The SMILES string of the molecule is N#Cc1c(Oc2cccc(N)c2)ccc2ncsc12. The lowest BCUT2D eigenvalue weighted by Gasteiger charge is -2.08. The normalized spacial score (nSPS) is 10.3. The van der Waals surface area contributed by atoms with Crippen LogP contribution in [-0.4, -0.2) is 4.98 Å². The van der Waals surface area contributed by atoms with Crippen LogP contribution in [0.2, 0.25) is 0 Å². The average Bonchev–Trinajstić information content (AvgIpc) is 2.87. The Morgan fingerprint density at radius 3 is 2.95 bits per heavy atom. The fourth-order valence-electron chi connectivity index (χ4n) is 1.81. The van der Waals surface area contributed by atoms with Gasteiger partial charge in [-0.25, -0.2) is 4.98 Å². The van der Waals surface area contributed by atoms with Crippen molar-refractivity contribution < 1.29 is 4.74 Å². The molecule has 5 heteroatoms. The molecule has 0 saturated carbocycles. The standard InChI is InChI=1S/C14H9N3OS/c15-7-11-13(5-4-12-14(11)19-8-17-12)18-10-3-1-2-9(16)6-10/h1-6,8H,16H2. The second kappa shape index (κ2) is 4.59. The van der Waals surface area contributed by atoms with Crippen LogP contribution in [0.5, 0.6) is 11.5 Å². The summed E-state index contributed by atoms with van der Waals surface area (Å²) in [6.45, 7) is 0. The van der Waals surface area contributed by atoms with Crippen LogP contribution >= 0.6 is 11.3 Å². The first-order chi connectivity index (χ1) is 9.28. The van der Waals surface area contributed by atoms with E-state index >= 15 is 0 Å². The van der Waals surface area contributed by atoms with Gasteiger partial charge in [0.2, 0.25) is 0 Å². The van der Waals surface area contributed by atoms with Crippen LogP contribution in [-0.2, 0) is 0 Å². The topological polar surface area (TPSA) is 71.9 Å². The van der Waals surface area contributed by atoms with Crippen molar-refractivity contribution >= 4 is 27.2 Å². The van der Waals surface area contributed by atoms with Gasteiger partial charge in [-0.2, -0.15) is 5.26 Å². The zero-order valence-electron chi connectivity index (χ0n) is 9.83. The van der Waals surface area contributed by atoms with E-state index in [-0.39, 0.29) is 0 Å². The van der Waals surface area contributed by atoms with E-state index in [2.05, 4.69) is 11.1 Å². The predicted octanol–water partition coefficient (Wildman–Crippen LogP) is 3.54. The molecule has 0 atom stereocenters. The molecule has 4 nitrogen and oxygen atoms in total. The van der Waals surface area contributed by atoms with Crippen molar-refractivity contribution in [2.75, 3.05) is 5.73 Å². The van der Waals surface area contributed by atoms with Gasteiger partial charge in [-0.15, -0.1) is 11.3 Å². The molecule has 2 aromatic carbocycles. The Kier molecular flexibility index (Phi) is 2.78. The molecule has 0 spiro atoms. The summed E-state index contributed by atoms with van der Waals surface area (Å²) in [4.78, 5) is 4.18. The van der Waals surface area contributed by atoms with Crippen molar-refractivity contribution in [3.05, 3.63) is 47.5 Å². The summed E-state index contributed by atoms with van der Waals surface area (Å²) in [6.07, 6.45) is 0. The zero-order chi connectivity index (χ0) is 13.2. The minimum absolute atomic E-state index is 0.502. The maximum Gasteiger partial charge on any atom is 0.146 e. The highest BCUT2D eigenvalue weighted by Gasteiger charge is 2.11. The molecule has 2 N–H and O–H groups in total. The van der Waals surface area contributed by atoms with Crippen LogP contribution in [0, 0.1) is 11.3 Å². The van der Waals surface area contributed by atoms with Crippen LogP contribution in [0.4, 0.5) is 5.69 Å². The number of anilines is 1. The number of nitrogens with zero attached hydrogens (tertiary/aromatic N) is 2. The first-order valence-electron chi connectivity index (χ1n) is 5.57. The van der Waals surface area contributed by atoms with E-state index < -0.39 is 0 Å². The Labute approximate surface area is 113 Å².